The van der Waals surface area contributed by atoms with E-state index in [1.807, 2.05) is 87.8 Å². The smallest absolute Gasteiger partial charge is 0.394 e. The molecule has 1 fully saturated rings. The van der Waals surface area contributed by atoms with E-state index in [2.05, 4.69) is 112 Å². The minimum atomic E-state index is -4.41. The molecule has 0 amide bonds. The first kappa shape index (κ1) is 82.2. The average Bonchev–Trinajstić information content (AvgIpc) is 1.63. The molecule has 1 aliphatic rings. The van der Waals surface area contributed by atoms with Gasteiger partial charge in [-0.1, -0.05) is 34.1 Å². The van der Waals surface area contributed by atoms with Crippen LogP contribution in [0.5, 0.6) is 0 Å². The Morgan fingerprint density at radius 1 is 0.347 bits per heavy atom. The lowest BCUT2D eigenvalue weighted by atomic mass is 9.79. The number of aliphatic hydroxyl groups is 8. The Labute approximate surface area is 672 Å². The maximum Gasteiger partial charge on any atom is 0.410 e. The SMILES string of the molecule is CCC(n1cc(-c2nc(-c3cnn(C[C@@H](O)CO)c3)cn3nccc23)cn1)C(F)(F)F.CC[C@@H](C)n1cc(-c2nc(-c3cnn(C[C@@H](O)CO)c3)cn3nccc23)cn1.CC[C@H](C)n1cc(-c2nc(-c3cnn(C[C@@H](O)CO)c3)cn3nccc23)cn1.CC[C@H](C1CCC1)n1cc(-c2nc(-c3cnn(C[C@@H](O)CO)c3)cn3nccc23)cn1. The van der Waals surface area contributed by atoms with Gasteiger partial charge in [0.2, 0.25) is 0 Å². The van der Waals surface area contributed by atoms with Crippen molar-refractivity contribution < 1.29 is 54.0 Å². The van der Waals surface area contributed by atoms with Gasteiger partial charge in [-0.15, -0.1) is 0 Å². The summed E-state index contributed by atoms with van der Waals surface area (Å²) in [6.07, 6.45) is 41.0. The molecule has 16 heterocycles. The van der Waals surface area contributed by atoms with Crippen molar-refractivity contribution in [3.63, 3.8) is 0 Å². The number of hydrogen-bond acceptors (Lipinski definition) is 24. The number of hydrogen-bond donors (Lipinski definition) is 8. The molecule has 16 aromatic heterocycles. The van der Waals surface area contributed by atoms with Crippen molar-refractivity contribution in [3.05, 3.63) is 173 Å². The van der Waals surface area contributed by atoms with Gasteiger partial charge in [-0.25, -0.2) is 38.0 Å². The number of nitrogens with zero attached hydrogens (tertiary/aromatic N) is 28. The normalized spacial score (nSPS) is 14.7. The van der Waals surface area contributed by atoms with Crippen molar-refractivity contribution in [2.45, 2.75) is 167 Å². The summed E-state index contributed by atoms with van der Waals surface area (Å²) in [5.41, 5.74) is 15.1. The molecule has 0 aliphatic heterocycles. The van der Waals surface area contributed by atoms with Crippen molar-refractivity contribution in [3.8, 4) is 90.1 Å². The van der Waals surface area contributed by atoms with E-state index < -0.39 is 43.2 Å². The van der Waals surface area contributed by atoms with Crippen molar-refractivity contribution in [2.75, 3.05) is 26.4 Å². The van der Waals surface area contributed by atoms with Crippen LogP contribution in [-0.4, -0.2) is 235 Å². The lowest BCUT2D eigenvalue weighted by Crippen LogP contribution is -2.26. The Morgan fingerprint density at radius 3 is 0.890 bits per heavy atom. The van der Waals surface area contributed by atoms with Gasteiger partial charge in [-0.3, -0.25) is 37.5 Å². The number of aromatic nitrogens is 28. The van der Waals surface area contributed by atoms with Crippen LogP contribution in [0.2, 0.25) is 0 Å². The highest BCUT2D eigenvalue weighted by Gasteiger charge is 2.40. The van der Waals surface area contributed by atoms with Gasteiger partial charge >= 0.3 is 6.18 Å². The minimum absolute atomic E-state index is 0.107. The Bertz CT molecular complexity index is 5780. The third-order valence-corrected chi connectivity index (χ3v) is 20.8. The topological polar surface area (TPSA) is 425 Å². The summed E-state index contributed by atoms with van der Waals surface area (Å²) in [6, 6.07) is 6.85. The van der Waals surface area contributed by atoms with Gasteiger partial charge in [0.1, 0.15) is 6.04 Å². The van der Waals surface area contributed by atoms with Gasteiger partial charge in [0, 0.05) is 106 Å². The van der Waals surface area contributed by atoms with E-state index in [1.54, 1.807) is 108 Å². The molecule has 0 saturated heterocycles. The molecule has 8 atom stereocenters. The Hall–Kier alpha value is -12.4. The molecule has 118 heavy (non-hydrogen) atoms. The van der Waals surface area contributed by atoms with Crippen LogP contribution in [0, 0.1) is 5.92 Å². The number of halogens is 3. The fourth-order valence-electron chi connectivity index (χ4n) is 13.8. The van der Waals surface area contributed by atoms with Gasteiger partial charge in [-0.05, 0) is 82.6 Å². The highest BCUT2D eigenvalue weighted by molar-refractivity contribution is 5.81. The average molecular weight is 1620 g/mol. The summed E-state index contributed by atoms with van der Waals surface area (Å²) in [5, 5.41) is 126. The Morgan fingerprint density at radius 2 is 0.627 bits per heavy atom. The van der Waals surface area contributed by atoms with E-state index in [4.69, 9.17) is 35.4 Å². The molecule has 1 aliphatic carbocycles. The second kappa shape index (κ2) is 36.4. The van der Waals surface area contributed by atoms with Crippen LogP contribution in [0.3, 0.4) is 0 Å². The lowest BCUT2D eigenvalue weighted by Gasteiger charge is -2.33. The molecule has 8 N–H and O–H groups in total. The van der Waals surface area contributed by atoms with E-state index >= 15 is 0 Å². The van der Waals surface area contributed by atoms with E-state index in [9.17, 15) is 33.6 Å². The van der Waals surface area contributed by atoms with Crippen molar-refractivity contribution >= 4 is 22.1 Å². The molecule has 16 aromatic rings. The van der Waals surface area contributed by atoms with Gasteiger partial charge in [0.05, 0.1) is 250 Å². The molecule has 0 radical (unpaired) electrons. The minimum Gasteiger partial charge on any atom is -0.394 e. The van der Waals surface area contributed by atoms with Crippen LogP contribution in [0.1, 0.15) is 111 Å². The molecule has 618 valence electrons. The largest absolute Gasteiger partial charge is 0.410 e. The predicted molar refractivity (Wildman–Crippen MR) is 426 cm³/mol. The molecular formula is C79H93F3N28O8. The molecule has 0 spiro atoms. The summed E-state index contributed by atoms with van der Waals surface area (Å²) in [4.78, 5) is 19.2. The zero-order chi connectivity index (χ0) is 82.9. The Balaban J connectivity index is 0.000000129. The number of rotatable bonds is 29. The van der Waals surface area contributed by atoms with Crippen LogP contribution in [0.4, 0.5) is 13.2 Å². The zero-order valence-electron chi connectivity index (χ0n) is 65.7. The van der Waals surface area contributed by atoms with Crippen LogP contribution in [0.15, 0.2) is 173 Å². The first-order valence-corrected chi connectivity index (χ1v) is 39.0. The molecule has 39 heteroatoms. The fraction of sp³-hybridized carbons (Fsp3) is 0.392. The monoisotopic (exact) mass is 1620 g/mol. The van der Waals surface area contributed by atoms with Crippen molar-refractivity contribution in [2.24, 2.45) is 5.92 Å². The molecule has 0 bridgehead atoms. The number of alkyl halides is 3. The third kappa shape index (κ3) is 18.4. The lowest BCUT2D eigenvalue weighted by molar-refractivity contribution is -0.170. The van der Waals surface area contributed by atoms with E-state index in [0.29, 0.717) is 63.5 Å². The maximum atomic E-state index is 13.3. The van der Waals surface area contributed by atoms with Crippen molar-refractivity contribution in [1.82, 2.24) is 137 Å². The van der Waals surface area contributed by atoms with Gasteiger partial charge in [0.15, 0.2) is 0 Å². The number of aliphatic hydroxyl groups excluding tert-OH is 8. The zero-order valence-corrected chi connectivity index (χ0v) is 65.7. The third-order valence-electron chi connectivity index (χ3n) is 20.8. The second-order valence-corrected chi connectivity index (χ2v) is 29.2. The summed E-state index contributed by atoms with van der Waals surface area (Å²) in [7, 11) is 0. The molecule has 1 saturated carbocycles. The van der Waals surface area contributed by atoms with Crippen LogP contribution < -0.4 is 0 Å². The van der Waals surface area contributed by atoms with E-state index in [1.165, 1.54) is 43.3 Å². The highest BCUT2D eigenvalue weighted by atomic mass is 19.4. The van der Waals surface area contributed by atoms with Crippen LogP contribution in [-0.2, 0) is 26.2 Å². The second-order valence-electron chi connectivity index (χ2n) is 29.2. The number of fused-ring (bicyclic) bond motifs is 4. The van der Waals surface area contributed by atoms with E-state index in [-0.39, 0.29) is 52.4 Å². The first-order valence-electron chi connectivity index (χ1n) is 39.0. The summed E-state index contributed by atoms with van der Waals surface area (Å²) in [5.74, 6) is 0.715. The standard InChI is InChI=1S/C22H27N7O2.C19H20F3N7O2.2C19H23N7O2/c1-2-20(15-4-3-5-15)28-11-17(9-25-28)22-21-6-7-23-29(21)13-19(26-22)16-8-24-27(10-16)12-18(31)14-30;1-2-17(19(20,21)22)29-8-13(6-25-29)18-16-3-4-23-28(16)10-15(26-18)12-5-24-27(7-12)9-14(31)11-30;2*1-3-13(2)25-9-15(7-22-25)19-18-4-5-20-26(18)11-17(23-19)14-6-21-24(8-14)10-16(28)12-27/h6-11,13,15,18,20,30-31H,2-5,12,14H2,1H3;3-8,10,14,17,30-31H,2,9,11H2,1H3;2*4-9,11,13,16,27-28H,3,10,12H2,1-2H3/t18-,20-;14-,17?;13-,16+;13-,16-/m1101/s1. The molecular weight excluding hydrogens is 1530 g/mol. The summed E-state index contributed by atoms with van der Waals surface area (Å²) >= 11 is 0. The van der Waals surface area contributed by atoms with Crippen molar-refractivity contribution in [1.29, 1.82) is 0 Å². The van der Waals surface area contributed by atoms with Gasteiger partial charge in [-0.2, -0.15) is 74.4 Å². The quantitative estimate of drug-likeness (QED) is 0.0218. The Kier molecular flexibility index (Phi) is 25.4. The first-order chi connectivity index (χ1) is 57.1. The molecule has 1 unspecified atom stereocenters. The fourth-order valence-corrected chi connectivity index (χ4v) is 13.8. The predicted octanol–water partition coefficient (Wildman–Crippen LogP) is 8.44. The summed E-state index contributed by atoms with van der Waals surface area (Å²) < 4.78 is 60.0. The van der Waals surface area contributed by atoms with Crippen LogP contribution >= 0.6 is 0 Å². The molecule has 17 rings (SSSR count). The van der Waals surface area contributed by atoms with Gasteiger partial charge in [0.25, 0.3) is 0 Å². The molecule has 0 aromatic carbocycles. The maximum absolute atomic E-state index is 13.3. The molecule has 36 nitrogen and oxygen atoms in total. The van der Waals surface area contributed by atoms with E-state index in [0.717, 1.165) is 96.7 Å². The van der Waals surface area contributed by atoms with Crippen LogP contribution in [0.25, 0.3) is 112 Å². The van der Waals surface area contributed by atoms with Gasteiger partial charge < -0.3 is 40.9 Å². The highest BCUT2D eigenvalue weighted by Crippen LogP contribution is 2.40. The summed E-state index contributed by atoms with van der Waals surface area (Å²) in [6.45, 7) is 11.7.